The van der Waals surface area contributed by atoms with Crippen molar-refractivity contribution in [1.82, 2.24) is 9.97 Å². The molecule has 0 bridgehead atoms. The molecule has 2 heterocycles. The number of aromatic nitrogens is 2. The van der Waals surface area contributed by atoms with Crippen LogP contribution in [0.3, 0.4) is 0 Å². The van der Waals surface area contributed by atoms with Gasteiger partial charge in [-0.2, -0.15) is 0 Å². The van der Waals surface area contributed by atoms with Crippen LogP contribution in [0.4, 0.5) is 0 Å². The zero-order valence-corrected chi connectivity index (χ0v) is 10.1. The van der Waals surface area contributed by atoms with Gasteiger partial charge in [-0.25, -0.2) is 9.97 Å². The fourth-order valence-corrected chi connectivity index (χ4v) is 1.67. The van der Waals surface area contributed by atoms with Crippen molar-refractivity contribution in [2.45, 2.75) is 26.2 Å². The monoisotopic (exact) mass is 232 g/mol. The number of hydrogen-bond donors (Lipinski definition) is 1. The van der Waals surface area contributed by atoms with Gasteiger partial charge in [0.15, 0.2) is 5.76 Å². The van der Waals surface area contributed by atoms with E-state index in [1.165, 1.54) is 0 Å². The van der Waals surface area contributed by atoms with Gasteiger partial charge in [-0.3, -0.25) is 0 Å². The largest absolute Gasteiger partial charge is 0.460 e. The Bertz CT molecular complexity index is 490. The molecule has 2 aromatic heterocycles. The Morgan fingerprint density at radius 2 is 2.18 bits per heavy atom. The first-order chi connectivity index (χ1) is 8.24. The van der Waals surface area contributed by atoms with E-state index in [2.05, 4.69) is 9.97 Å². The molecular formula is C13H16N2O2. The molecule has 2 aromatic rings. The minimum atomic E-state index is -0.00832. The average molecular weight is 232 g/mol. The van der Waals surface area contributed by atoms with Gasteiger partial charge in [-0.15, -0.1) is 0 Å². The highest BCUT2D eigenvalue weighted by Gasteiger charge is 2.13. The van der Waals surface area contributed by atoms with Crippen molar-refractivity contribution in [3.63, 3.8) is 0 Å². The number of aliphatic hydroxyl groups excluding tert-OH is 1. The molecule has 4 heteroatoms. The van der Waals surface area contributed by atoms with Crippen LogP contribution in [-0.2, 0) is 0 Å². The molecule has 0 aliphatic heterocycles. The second-order valence-electron chi connectivity index (χ2n) is 4.00. The van der Waals surface area contributed by atoms with E-state index in [4.69, 9.17) is 4.42 Å². The lowest BCUT2D eigenvalue weighted by Gasteiger charge is -2.10. The van der Waals surface area contributed by atoms with Crippen LogP contribution >= 0.6 is 0 Å². The van der Waals surface area contributed by atoms with E-state index in [1.54, 1.807) is 6.20 Å². The number of hydrogen-bond acceptors (Lipinski definition) is 4. The lowest BCUT2D eigenvalue weighted by Crippen LogP contribution is -2.07. The van der Waals surface area contributed by atoms with Gasteiger partial charge in [0.2, 0.25) is 0 Å². The van der Waals surface area contributed by atoms with Gasteiger partial charge in [0.05, 0.1) is 6.61 Å². The van der Waals surface area contributed by atoms with Crippen molar-refractivity contribution in [2.24, 2.45) is 0 Å². The summed E-state index contributed by atoms with van der Waals surface area (Å²) >= 11 is 0. The van der Waals surface area contributed by atoms with Gasteiger partial charge in [0.1, 0.15) is 17.3 Å². The lowest BCUT2D eigenvalue weighted by atomic mass is 10.1. The number of nitrogens with zero attached hydrogens (tertiary/aromatic N) is 2. The van der Waals surface area contributed by atoms with Gasteiger partial charge in [0, 0.05) is 12.1 Å². The second kappa shape index (κ2) is 5.10. The predicted molar refractivity (Wildman–Crippen MR) is 64.6 cm³/mol. The molecule has 17 heavy (non-hydrogen) atoms. The first-order valence-electron chi connectivity index (χ1n) is 5.75. The normalized spacial score (nSPS) is 12.6. The zero-order valence-electron chi connectivity index (χ0n) is 10.1. The van der Waals surface area contributed by atoms with Crippen LogP contribution in [0.15, 0.2) is 28.8 Å². The number of aliphatic hydroxyl groups is 1. The van der Waals surface area contributed by atoms with Crippen LogP contribution < -0.4 is 0 Å². The Balaban J connectivity index is 2.34. The SMILES string of the molecule is CCC(CO)c1nccc(-c2ccc(C)o2)n1. The molecule has 1 atom stereocenters. The molecule has 0 radical (unpaired) electrons. The fraction of sp³-hybridized carbons (Fsp3) is 0.385. The first-order valence-corrected chi connectivity index (χ1v) is 5.75. The summed E-state index contributed by atoms with van der Waals surface area (Å²) in [6.45, 7) is 3.97. The molecule has 0 aromatic carbocycles. The van der Waals surface area contributed by atoms with E-state index < -0.39 is 0 Å². The van der Waals surface area contributed by atoms with E-state index in [-0.39, 0.29) is 12.5 Å². The van der Waals surface area contributed by atoms with E-state index >= 15 is 0 Å². The minimum Gasteiger partial charge on any atom is -0.460 e. The minimum absolute atomic E-state index is 0.00832. The quantitative estimate of drug-likeness (QED) is 0.880. The summed E-state index contributed by atoms with van der Waals surface area (Å²) in [6, 6.07) is 5.60. The van der Waals surface area contributed by atoms with Crippen LogP contribution in [0.25, 0.3) is 11.5 Å². The molecule has 1 N–H and O–H groups in total. The third-order valence-electron chi connectivity index (χ3n) is 2.75. The van der Waals surface area contributed by atoms with Gasteiger partial charge < -0.3 is 9.52 Å². The molecule has 0 aliphatic carbocycles. The molecule has 0 aliphatic rings. The Morgan fingerprint density at radius 3 is 2.76 bits per heavy atom. The highest BCUT2D eigenvalue weighted by Crippen LogP contribution is 2.22. The van der Waals surface area contributed by atoms with E-state index in [0.29, 0.717) is 5.82 Å². The summed E-state index contributed by atoms with van der Waals surface area (Å²) in [5.74, 6) is 2.25. The van der Waals surface area contributed by atoms with E-state index in [1.807, 2.05) is 32.0 Å². The summed E-state index contributed by atoms with van der Waals surface area (Å²) in [6.07, 6.45) is 2.52. The van der Waals surface area contributed by atoms with Gasteiger partial charge >= 0.3 is 0 Å². The topological polar surface area (TPSA) is 59.2 Å². The predicted octanol–water partition coefficient (Wildman–Crippen LogP) is 2.53. The van der Waals surface area contributed by atoms with Crippen molar-refractivity contribution < 1.29 is 9.52 Å². The lowest BCUT2D eigenvalue weighted by molar-refractivity contribution is 0.257. The Labute approximate surface area is 100 Å². The fourth-order valence-electron chi connectivity index (χ4n) is 1.67. The number of furan rings is 1. The maximum absolute atomic E-state index is 9.24. The summed E-state index contributed by atoms with van der Waals surface area (Å²) < 4.78 is 5.52. The molecule has 0 saturated heterocycles. The van der Waals surface area contributed by atoms with E-state index in [0.717, 1.165) is 23.6 Å². The molecular weight excluding hydrogens is 216 g/mol. The van der Waals surface area contributed by atoms with Gasteiger partial charge in [0.25, 0.3) is 0 Å². The molecule has 0 amide bonds. The maximum Gasteiger partial charge on any atom is 0.152 e. The van der Waals surface area contributed by atoms with Crippen molar-refractivity contribution in [3.05, 3.63) is 36.0 Å². The van der Waals surface area contributed by atoms with Crippen molar-refractivity contribution >= 4 is 0 Å². The summed E-state index contributed by atoms with van der Waals surface area (Å²) in [5, 5.41) is 9.24. The Morgan fingerprint density at radius 1 is 1.35 bits per heavy atom. The van der Waals surface area contributed by atoms with E-state index in [9.17, 15) is 5.11 Å². The van der Waals surface area contributed by atoms with Crippen molar-refractivity contribution in [2.75, 3.05) is 6.61 Å². The standard InChI is InChI=1S/C13H16N2O2/c1-3-10(8-16)13-14-7-6-11(15-13)12-5-4-9(2)17-12/h4-7,10,16H,3,8H2,1-2H3. The molecule has 0 spiro atoms. The third-order valence-corrected chi connectivity index (χ3v) is 2.75. The highest BCUT2D eigenvalue weighted by atomic mass is 16.3. The Kier molecular flexibility index (Phi) is 3.54. The molecule has 4 nitrogen and oxygen atoms in total. The Hall–Kier alpha value is -1.68. The average Bonchev–Trinajstić information content (AvgIpc) is 2.78. The van der Waals surface area contributed by atoms with Crippen molar-refractivity contribution in [3.8, 4) is 11.5 Å². The third kappa shape index (κ3) is 2.53. The number of rotatable bonds is 4. The molecule has 1 unspecified atom stereocenters. The van der Waals surface area contributed by atoms with Gasteiger partial charge in [-0.05, 0) is 31.5 Å². The molecule has 0 saturated carbocycles. The molecule has 0 fully saturated rings. The summed E-state index contributed by atoms with van der Waals surface area (Å²) in [5.41, 5.74) is 0.759. The molecule has 2 rings (SSSR count). The van der Waals surface area contributed by atoms with Crippen LogP contribution in [0.5, 0.6) is 0 Å². The van der Waals surface area contributed by atoms with Crippen LogP contribution in [-0.4, -0.2) is 21.7 Å². The first kappa shape index (κ1) is 11.8. The van der Waals surface area contributed by atoms with Crippen molar-refractivity contribution in [1.29, 1.82) is 0 Å². The smallest absolute Gasteiger partial charge is 0.152 e. The molecule has 90 valence electrons. The van der Waals surface area contributed by atoms with Gasteiger partial charge in [-0.1, -0.05) is 6.92 Å². The number of aryl methyl sites for hydroxylation is 1. The summed E-state index contributed by atoms with van der Waals surface area (Å²) in [7, 11) is 0. The zero-order chi connectivity index (χ0) is 12.3. The van der Waals surface area contributed by atoms with Crippen LogP contribution in [0.1, 0.15) is 30.8 Å². The highest BCUT2D eigenvalue weighted by molar-refractivity contribution is 5.51. The van der Waals surface area contributed by atoms with Crippen LogP contribution in [0.2, 0.25) is 0 Å². The van der Waals surface area contributed by atoms with Crippen LogP contribution in [0, 0.1) is 6.92 Å². The second-order valence-corrected chi connectivity index (χ2v) is 4.00. The summed E-state index contributed by atoms with van der Waals surface area (Å²) in [4.78, 5) is 8.63. The maximum atomic E-state index is 9.24.